The van der Waals surface area contributed by atoms with E-state index in [1.54, 1.807) is 14.0 Å². The fraction of sp³-hybridized carbons (Fsp3) is 0.500. The molecule has 0 saturated carbocycles. The number of carbonyl (C=O) groups is 2. The zero-order valence-corrected chi connectivity index (χ0v) is 14.9. The molecule has 1 fully saturated rings. The van der Waals surface area contributed by atoms with Gasteiger partial charge in [-0.25, -0.2) is 4.79 Å². The number of carboxylic acid groups (broad SMARTS) is 1. The summed E-state index contributed by atoms with van der Waals surface area (Å²) in [4.78, 5) is 30.5. The van der Waals surface area contributed by atoms with Gasteiger partial charge >= 0.3 is 12.0 Å². The fourth-order valence-electron chi connectivity index (χ4n) is 3.11. The van der Waals surface area contributed by atoms with Gasteiger partial charge in [-0.2, -0.15) is 0 Å². The van der Waals surface area contributed by atoms with Crippen molar-refractivity contribution >= 4 is 17.7 Å². The molecule has 140 valence electrons. The number of aliphatic carboxylic acids is 1. The lowest BCUT2D eigenvalue weighted by atomic mass is 9.90. The number of carbonyl (C=O) groups excluding carboxylic acids is 1. The molecular weight excluding hydrogens is 338 g/mol. The number of hydrogen-bond acceptors (Lipinski definition) is 5. The highest BCUT2D eigenvalue weighted by Gasteiger charge is 2.42. The molecule has 0 spiro atoms. The van der Waals surface area contributed by atoms with Crippen LogP contribution in [0.1, 0.15) is 25.3 Å². The predicted octanol–water partition coefficient (Wildman–Crippen LogP) is 1.69. The van der Waals surface area contributed by atoms with Crippen molar-refractivity contribution in [2.75, 3.05) is 26.7 Å². The maximum atomic E-state index is 12.2. The normalized spacial score (nSPS) is 24.8. The lowest BCUT2D eigenvalue weighted by Crippen LogP contribution is -2.43. The van der Waals surface area contributed by atoms with Crippen molar-refractivity contribution in [2.24, 2.45) is 10.6 Å². The van der Waals surface area contributed by atoms with Crippen LogP contribution < -0.4 is 10.1 Å². The van der Waals surface area contributed by atoms with Gasteiger partial charge in [0.15, 0.2) is 6.10 Å². The highest BCUT2D eigenvalue weighted by atomic mass is 16.6. The van der Waals surface area contributed by atoms with E-state index in [1.165, 1.54) is 4.90 Å². The van der Waals surface area contributed by atoms with E-state index in [9.17, 15) is 14.7 Å². The number of hydrogen-bond donors (Lipinski definition) is 2. The summed E-state index contributed by atoms with van der Waals surface area (Å²) in [5, 5.41) is 16.2. The summed E-state index contributed by atoms with van der Waals surface area (Å²) in [7, 11) is 1.61. The van der Waals surface area contributed by atoms with Gasteiger partial charge in [-0.1, -0.05) is 5.16 Å². The monoisotopic (exact) mass is 361 g/mol. The Balaban J connectivity index is 1.46. The molecule has 3 rings (SSSR count). The summed E-state index contributed by atoms with van der Waals surface area (Å²) >= 11 is 0. The van der Waals surface area contributed by atoms with E-state index >= 15 is 0 Å². The first-order valence-electron chi connectivity index (χ1n) is 8.54. The maximum Gasteiger partial charge on any atom is 0.317 e. The first kappa shape index (κ1) is 18.0. The summed E-state index contributed by atoms with van der Waals surface area (Å²) in [6.07, 6.45) is 0.823. The van der Waals surface area contributed by atoms with Crippen molar-refractivity contribution in [3.8, 4) is 5.75 Å². The smallest absolute Gasteiger partial charge is 0.317 e. The number of likely N-dealkylation sites (tertiary alicyclic amines) is 1. The van der Waals surface area contributed by atoms with Gasteiger partial charge in [-0.15, -0.1) is 0 Å². The first-order valence-corrected chi connectivity index (χ1v) is 8.54. The second-order valence-electron chi connectivity index (χ2n) is 6.92. The number of ether oxygens (including phenoxy) is 1. The van der Waals surface area contributed by atoms with Crippen LogP contribution in [0.25, 0.3) is 0 Å². The van der Waals surface area contributed by atoms with E-state index < -0.39 is 11.4 Å². The molecule has 2 aliphatic rings. The highest BCUT2D eigenvalue weighted by Crippen LogP contribution is 2.30. The van der Waals surface area contributed by atoms with Crippen LogP contribution in [0.5, 0.6) is 5.75 Å². The van der Waals surface area contributed by atoms with Crippen LogP contribution >= 0.6 is 0 Å². The van der Waals surface area contributed by atoms with Gasteiger partial charge < -0.3 is 24.9 Å². The van der Waals surface area contributed by atoms with Crippen molar-refractivity contribution in [1.82, 2.24) is 10.2 Å². The second kappa shape index (κ2) is 7.23. The molecular formula is C18H23N3O5. The standard InChI is InChI=1S/C18H23N3O5/c1-18(16(22)23)7-8-21(11-18)17(24)19-10-14-9-15(20-26-14)12-3-5-13(25-2)6-4-12/h3-6,14H,7-11H2,1-2H3,(H,19,24)(H,22,23). The molecule has 1 aromatic carbocycles. The van der Waals surface area contributed by atoms with Crippen LogP contribution in [0.15, 0.2) is 29.4 Å². The summed E-state index contributed by atoms with van der Waals surface area (Å²) in [5.41, 5.74) is 0.911. The first-order chi connectivity index (χ1) is 12.4. The Morgan fingerprint density at radius 2 is 2.15 bits per heavy atom. The van der Waals surface area contributed by atoms with Gasteiger partial charge in [-0.3, -0.25) is 4.79 Å². The number of rotatable bonds is 5. The van der Waals surface area contributed by atoms with Crippen LogP contribution in [-0.2, 0) is 9.63 Å². The van der Waals surface area contributed by atoms with Crippen molar-refractivity contribution < 1.29 is 24.3 Å². The minimum Gasteiger partial charge on any atom is -0.497 e. The summed E-state index contributed by atoms with van der Waals surface area (Å²) in [6, 6.07) is 7.29. The van der Waals surface area contributed by atoms with Crippen molar-refractivity contribution in [3.05, 3.63) is 29.8 Å². The van der Waals surface area contributed by atoms with E-state index in [2.05, 4.69) is 10.5 Å². The number of methoxy groups -OCH3 is 1. The number of amides is 2. The third-order valence-corrected chi connectivity index (χ3v) is 4.91. The van der Waals surface area contributed by atoms with Gasteiger partial charge in [0.1, 0.15) is 5.75 Å². The highest BCUT2D eigenvalue weighted by molar-refractivity contribution is 6.01. The third kappa shape index (κ3) is 3.74. The molecule has 1 saturated heterocycles. The Morgan fingerprint density at radius 1 is 1.42 bits per heavy atom. The number of carboxylic acids is 1. The molecule has 0 bridgehead atoms. The second-order valence-corrected chi connectivity index (χ2v) is 6.92. The fourth-order valence-corrected chi connectivity index (χ4v) is 3.11. The minimum atomic E-state index is -0.871. The van der Waals surface area contributed by atoms with E-state index in [1.807, 2.05) is 24.3 Å². The zero-order valence-electron chi connectivity index (χ0n) is 14.9. The summed E-state index contributed by atoms with van der Waals surface area (Å²) < 4.78 is 5.14. The molecule has 1 aromatic rings. The molecule has 2 amide bonds. The molecule has 8 nitrogen and oxygen atoms in total. The Bertz CT molecular complexity index is 718. The number of benzene rings is 1. The molecule has 8 heteroatoms. The lowest BCUT2D eigenvalue weighted by molar-refractivity contribution is -0.147. The molecule has 26 heavy (non-hydrogen) atoms. The lowest BCUT2D eigenvalue weighted by Gasteiger charge is -2.21. The quantitative estimate of drug-likeness (QED) is 0.831. The summed E-state index contributed by atoms with van der Waals surface area (Å²) in [6.45, 7) is 2.64. The molecule has 2 unspecified atom stereocenters. The minimum absolute atomic E-state index is 0.216. The number of urea groups is 1. The maximum absolute atomic E-state index is 12.2. The zero-order chi connectivity index (χ0) is 18.7. The average Bonchev–Trinajstić information content (AvgIpc) is 3.27. The van der Waals surface area contributed by atoms with Crippen molar-refractivity contribution in [3.63, 3.8) is 0 Å². The van der Waals surface area contributed by atoms with Gasteiger partial charge in [0.05, 0.1) is 24.8 Å². The molecule has 2 heterocycles. The number of oxime groups is 1. The van der Waals surface area contributed by atoms with Gasteiger partial charge in [0.2, 0.25) is 0 Å². The van der Waals surface area contributed by atoms with Crippen LogP contribution in [-0.4, -0.2) is 60.6 Å². The third-order valence-electron chi connectivity index (χ3n) is 4.91. The number of nitrogens with zero attached hydrogens (tertiary/aromatic N) is 2. The largest absolute Gasteiger partial charge is 0.497 e. The van der Waals surface area contributed by atoms with Crippen LogP contribution in [0, 0.1) is 5.41 Å². The Hall–Kier alpha value is -2.77. The molecule has 2 atom stereocenters. The molecule has 0 aromatic heterocycles. The van der Waals surface area contributed by atoms with Crippen LogP contribution in [0.2, 0.25) is 0 Å². The van der Waals surface area contributed by atoms with E-state index in [0.717, 1.165) is 17.0 Å². The van der Waals surface area contributed by atoms with E-state index in [-0.39, 0.29) is 18.7 Å². The van der Waals surface area contributed by atoms with Crippen LogP contribution in [0.3, 0.4) is 0 Å². The molecule has 0 radical (unpaired) electrons. The topological polar surface area (TPSA) is 100 Å². The molecule has 0 aliphatic carbocycles. The van der Waals surface area contributed by atoms with Gasteiger partial charge in [0.25, 0.3) is 0 Å². The predicted molar refractivity (Wildman–Crippen MR) is 94.4 cm³/mol. The SMILES string of the molecule is COc1ccc(C2=NOC(CNC(=O)N3CCC(C)(C(=O)O)C3)C2)cc1. The summed E-state index contributed by atoms with van der Waals surface area (Å²) in [5.74, 6) is -0.0967. The average molecular weight is 361 g/mol. The van der Waals surface area contributed by atoms with E-state index in [0.29, 0.717) is 25.9 Å². The van der Waals surface area contributed by atoms with Gasteiger partial charge in [-0.05, 0) is 43.2 Å². The number of nitrogens with one attached hydrogen (secondary N) is 1. The van der Waals surface area contributed by atoms with Gasteiger partial charge in [0, 0.05) is 19.5 Å². The van der Waals surface area contributed by atoms with Crippen molar-refractivity contribution in [2.45, 2.75) is 25.9 Å². The molecule has 2 N–H and O–H groups in total. The molecule has 2 aliphatic heterocycles. The van der Waals surface area contributed by atoms with Crippen molar-refractivity contribution in [1.29, 1.82) is 0 Å². The Kier molecular flexibility index (Phi) is 5.01. The van der Waals surface area contributed by atoms with Crippen LogP contribution in [0.4, 0.5) is 4.79 Å². The Morgan fingerprint density at radius 3 is 2.77 bits per heavy atom. The Labute approximate surface area is 151 Å². The van der Waals surface area contributed by atoms with E-state index in [4.69, 9.17) is 9.57 Å².